The van der Waals surface area contributed by atoms with E-state index in [0.717, 1.165) is 38.2 Å². The summed E-state index contributed by atoms with van der Waals surface area (Å²) in [4.78, 5) is 4.37. The number of fused-ring (bicyclic) bond motifs is 1. The van der Waals surface area contributed by atoms with Gasteiger partial charge in [-0.25, -0.2) is 4.98 Å². The van der Waals surface area contributed by atoms with Gasteiger partial charge in [-0.3, -0.25) is 0 Å². The van der Waals surface area contributed by atoms with Crippen LogP contribution in [0, 0.1) is 13.8 Å². The summed E-state index contributed by atoms with van der Waals surface area (Å²) in [6.07, 6.45) is 3.51. The summed E-state index contributed by atoms with van der Waals surface area (Å²) in [6.45, 7) is 3.96. The second-order valence-electron chi connectivity index (χ2n) is 5.91. The topological polar surface area (TPSA) is 57.1 Å². The standard InChI is InChI=1S/C20H17N3O2S/c1-12-11-22-23-13(2)18(12)16-5-4-15(10-17(16)24-3)25-20-19-14(6-8-21-20)7-9-26-19/h4-11H,1-3H3. The number of hydrogen-bond acceptors (Lipinski definition) is 6. The van der Waals surface area contributed by atoms with Crippen molar-refractivity contribution in [3.63, 3.8) is 0 Å². The average Bonchev–Trinajstić information content (AvgIpc) is 3.12. The minimum absolute atomic E-state index is 0.602. The molecular weight excluding hydrogens is 346 g/mol. The van der Waals surface area contributed by atoms with Gasteiger partial charge in [-0.05, 0) is 54.4 Å². The maximum atomic E-state index is 6.04. The van der Waals surface area contributed by atoms with Crippen LogP contribution in [0.15, 0.2) is 48.1 Å². The lowest BCUT2D eigenvalue weighted by Gasteiger charge is -2.14. The molecule has 3 aromatic heterocycles. The molecule has 4 aromatic rings. The van der Waals surface area contributed by atoms with E-state index in [2.05, 4.69) is 21.2 Å². The van der Waals surface area contributed by atoms with Gasteiger partial charge in [0.1, 0.15) is 11.5 Å². The fourth-order valence-corrected chi connectivity index (χ4v) is 3.82. The first-order chi connectivity index (χ1) is 12.7. The molecule has 130 valence electrons. The van der Waals surface area contributed by atoms with Crippen molar-refractivity contribution in [3.05, 3.63) is 59.4 Å². The summed E-state index contributed by atoms with van der Waals surface area (Å²) in [5.74, 6) is 2.00. The van der Waals surface area contributed by atoms with Crippen molar-refractivity contribution in [2.45, 2.75) is 13.8 Å². The van der Waals surface area contributed by atoms with Gasteiger partial charge in [0.15, 0.2) is 0 Å². The van der Waals surface area contributed by atoms with Crippen molar-refractivity contribution in [2.75, 3.05) is 7.11 Å². The van der Waals surface area contributed by atoms with Gasteiger partial charge in [-0.1, -0.05) is 0 Å². The van der Waals surface area contributed by atoms with Gasteiger partial charge in [0.25, 0.3) is 0 Å². The van der Waals surface area contributed by atoms with Crippen LogP contribution in [0.5, 0.6) is 17.4 Å². The van der Waals surface area contributed by atoms with E-state index in [4.69, 9.17) is 9.47 Å². The Hall–Kier alpha value is -2.99. The second-order valence-corrected chi connectivity index (χ2v) is 6.82. The summed E-state index contributed by atoms with van der Waals surface area (Å²) >= 11 is 1.61. The van der Waals surface area contributed by atoms with Crippen molar-refractivity contribution >= 4 is 21.4 Å². The van der Waals surface area contributed by atoms with Crippen molar-refractivity contribution in [1.29, 1.82) is 0 Å². The Morgan fingerprint density at radius 1 is 1.08 bits per heavy atom. The molecule has 5 nitrogen and oxygen atoms in total. The van der Waals surface area contributed by atoms with Crippen LogP contribution in [-0.2, 0) is 0 Å². The zero-order valence-electron chi connectivity index (χ0n) is 14.7. The van der Waals surface area contributed by atoms with E-state index in [0.29, 0.717) is 11.6 Å². The molecule has 0 aliphatic rings. The molecule has 0 radical (unpaired) electrons. The van der Waals surface area contributed by atoms with Crippen LogP contribution >= 0.6 is 11.3 Å². The molecule has 0 aliphatic carbocycles. The molecule has 6 heteroatoms. The first-order valence-corrected chi connectivity index (χ1v) is 9.02. The number of thiophene rings is 1. The fraction of sp³-hybridized carbons (Fsp3) is 0.150. The van der Waals surface area contributed by atoms with E-state index in [1.165, 1.54) is 0 Å². The lowest BCUT2D eigenvalue weighted by atomic mass is 9.99. The molecule has 0 aliphatic heterocycles. The predicted molar refractivity (Wildman–Crippen MR) is 103 cm³/mol. The van der Waals surface area contributed by atoms with E-state index in [1.807, 2.05) is 43.5 Å². The number of aromatic nitrogens is 3. The molecule has 0 spiro atoms. The number of rotatable bonds is 4. The smallest absolute Gasteiger partial charge is 0.237 e. The van der Waals surface area contributed by atoms with E-state index < -0.39 is 0 Å². The maximum absolute atomic E-state index is 6.04. The maximum Gasteiger partial charge on any atom is 0.237 e. The molecular formula is C20H17N3O2S. The van der Waals surface area contributed by atoms with E-state index in [-0.39, 0.29) is 0 Å². The first kappa shape index (κ1) is 16.5. The van der Waals surface area contributed by atoms with Crippen LogP contribution in [0.2, 0.25) is 0 Å². The van der Waals surface area contributed by atoms with E-state index >= 15 is 0 Å². The van der Waals surface area contributed by atoms with Gasteiger partial charge in [-0.2, -0.15) is 10.2 Å². The van der Waals surface area contributed by atoms with Crippen LogP contribution in [0.4, 0.5) is 0 Å². The van der Waals surface area contributed by atoms with Gasteiger partial charge in [0.05, 0.1) is 23.7 Å². The minimum atomic E-state index is 0.602. The number of benzene rings is 1. The minimum Gasteiger partial charge on any atom is -0.496 e. The van der Waals surface area contributed by atoms with Crippen molar-refractivity contribution < 1.29 is 9.47 Å². The summed E-state index contributed by atoms with van der Waals surface area (Å²) in [7, 11) is 1.65. The quantitative estimate of drug-likeness (QED) is 0.500. The van der Waals surface area contributed by atoms with Crippen LogP contribution in [0.25, 0.3) is 21.2 Å². The van der Waals surface area contributed by atoms with Crippen LogP contribution < -0.4 is 9.47 Å². The highest BCUT2D eigenvalue weighted by atomic mass is 32.1. The number of pyridine rings is 1. The average molecular weight is 363 g/mol. The lowest BCUT2D eigenvalue weighted by molar-refractivity contribution is 0.409. The highest BCUT2D eigenvalue weighted by Gasteiger charge is 2.14. The summed E-state index contributed by atoms with van der Waals surface area (Å²) in [5, 5.41) is 11.3. The van der Waals surface area contributed by atoms with E-state index in [1.54, 1.807) is 30.8 Å². The summed E-state index contributed by atoms with van der Waals surface area (Å²) in [6, 6.07) is 9.82. The largest absolute Gasteiger partial charge is 0.496 e. The van der Waals surface area contributed by atoms with Crippen LogP contribution in [0.1, 0.15) is 11.3 Å². The summed E-state index contributed by atoms with van der Waals surface area (Å²) in [5.41, 5.74) is 3.91. The van der Waals surface area contributed by atoms with Crippen molar-refractivity contribution in [2.24, 2.45) is 0 Å². The third kappa shape index (κ3) is 2.88. The molecule has 0 amide bonds. The molecule has 0 fully saturated rings. The Balaban J connectivity index is 1.75. The Kier molecular flexibility index (Phi) is 4.26. The van der Waals surface area contributed by atoms with Gasteiger partial charge in [0.2, 0.25) is 5.88 Å². The molecule has 0 N–H and O–H groups in total. The second kappa shape index (κ2) is 6.72. The normalized spacial score (nSPS) is 10.9. The third-order valence-electron chi connectivity index (χ3n) is 4.21. The molecule has 4 rings (SSSR count). The highest BCUT2D eigenvalue weighted by Crippen LogP contribution is 2.38. The van der Waals surface area contributed by atoms with E-state index in [9.17, 15) is 0 Å². The number of hydrogen-bond donors (Lipinski definition) is 0. The molecule has 0 saturated carbocycles. The summed E-state index contributed by atoms with van der Waals surface area (Å²) < 4.78 is 12.7. The molecule has 0 atom stereocenters. The Bertz CT molecular complexity index is 1070. The molecule has 3 heterocycles. The third-order valence-corrected chi connectivity index (χ3v) is 5.13. The SMILES string of the molecule is COc1cc(Oc2nccc3ccsc23)ccc1-c1c(C)cnnc1C. The Labute approximate surface area is 155 Å². The van der Waals surface area contributed by atoms with Gasteiger partial charge in [0, 0.05) is 23.4 Å². The number of ether oxygens (including phenoxy) is 2. The zero-order valence-corrected chi connectivity index (χ0v) is 15.5. The highest BCUT2D eigenvalue weighted by molar-refractivity contribution is 7.17. The van der Waals surface area contributed by atoms with Crippen molar-refractivity contribution in [3.8, 4) is 28.5 Å². The number of aryl methyl sites for hydroxylation is 2. The Morgan fingerprint density at radius 2 is 1.96 bits per heavy atom. The molecule has 1 aromatic carbocycles. The molecule has 0 unspecified atom stereocenters. The predicted octanol–water partition coefficient (Wildman–Crippen LogP) is 5.17. The number of nitrogens with zero attached hydrogens (tertiary/aromatic N) is 3. The monoisotopic (exact) mass is 363 g/mol. The zero-order chi connectivity index (χ0) is 18.1. The lowest BCUT2D eigenvalue weighted by Crippen LogP contribution is -1.97. The van der Waals surface area contributed by atoms with Crippen LogP contribution in [-0.4, -0.2) is 22.3 Å². The van der Waals surface area contributed by atoms with Gasteiger partial charge in [-0.15, -0.1) is 11.3 Å². The fourth-order valence-electron chi connectivity index (χ4n) is 3.00. The van der Waals surface area contributed by atoms with Crippen molar-refractivity contribution in [1.82, 2.24) is 15.2 Å². The van der Waals surface area contributed by atoms with Crippen LogP contribution in [0.3, 0.4) is 0 Å². The Morgan fingerprint density at radius 3 is 2.77 bits per heavy atom. The molecule has 26 heavy (non-hydrogen) atoms. The molecule has 0 saturated heterocycles. The molecule has 0 bridgehead atoms. The number of methoxy groups -OCH3 is 1. The van der Waals surface area contributed by atoms with Gasteiger partial charge < -0.3 is 9.47 Å². The first-order valence-electron chi connectivity index (χ1n) is 8.14. The van der Waals surface area contributed by atoms with Gasteiger partial charge >= 0.3 is 0 Å².